The highest BCUT2D eigenvalue weighted by Gasteiger charge is 2.71. The van der Waals surface area contributed by atoms with Crippen LogP contribution in [-0.4, -0.2) is 19.1 Å². The first-order valence-corrected chi connectivity index (χ1v) is 5.29. The molecule has 0 heterocycles. The maximum absolute atomic E-state index is 11.3. The van der Waals surface area contributed by atoms with Gasteiger partial charge >= 0.3 is 5.97 Å². The molecular formula is C11H20ClNO2. The highest BCUT2D eigenvalue weighted by molar-refractivity contribution is 5.85. The van der Waals surface area contributed by atoms with Crippen LogP contribution in [0.1, 0.15) is 33.1 Å². The quantitative estimate of drug-likeness (QED) is 0.756. The molecule has 0 radical (unpaired) electrons. The first kappa shape index (κ1) is 12.8. The number of esters is 1. The Hall–Kier alpha value is -0.280. The number of methoxy groups -OCH3 is 1. The van der Waals surface area contributed by atoms with Crippen LogP contribution in [0.4, 0.5) is 0 Å². The van der Waals surface area contributed by atoms with Crippen LogP contribution in [0.2, 0.25) is 0 Å². The number of ether oxygens (including phenoxy) is 1. The maximum atomic E-state index is 11.3. The zero-order valence-electron chi connectivity index (χ0n) is 9.58. The van der Waals surface area contributed by atoms with Crippen molar-refractivity contribution in [3.8, 4) is 0 Å². The molecule has 0 unspecified atom stereocenters. The van der Waals surface area contributed by atoms with Gasteiger partial charge < -0.3 is 10.5 Å². The topological polar surface area (TPSA) is 52.3 Å². The van der Waals surface area contributed by atoms with Gasteiger partial charge in [-0.2, -0.15) is 0 Å². The SMILES string of the molecule is COC(=O)[C@@H](N)C12CC(C(C)C)(C1)C2.Cl. The van der Waals surface area contributed by atoms with Crippen LogP contribution in [0.5, 0.6) is 0 Å². The van der Waals surface area contributed by atoms with Crippen LogP contribution in [0, 0.1) is 16.7 Å². The first-order valence-electron chi connectivity index (χ1n) is 5.29. The minimum absolute atomic E-state index is 0. The lowest BCUT2D eigenvalue weighted by Gasteiger charge is -2.74. The predicted octanol–water partition coefficient (Wildman–Crippen LogP) is 1.73. The monoisotopic (exact) mass is 233 g/mol. The van der Waals surface area contributed by atoms with E-state index >= 15 is 0 Å². The van der Waals surface area contributed by atoms with Crippen LogP contribution in [0.25, 0.3) is 0 Å². The average molecular weight is 234 g/mol. The average Bonchev–Trinajstić information content (AvgIpc) is 1.96. The fraction of sp³-hybridized carbons (Fsp3) is 0.909. The molecule has 2 bridgehead atoms. The molecule has 4 heteroatoms. The van der Waals surface area contributed by atoms with Crippen molar-refractivity contribution in [1.29, 1.82) is 0 Å². The molecule has 0 aromatic carbocycles. The number of nitrogens with two attached hydrogens (primary N) is 1. The Bertz CT molecular complexity index is 258. The summed E-state index contributed by atoms with van der Waals surface area (Å²) in [6, 6.07) is -0.395. The minimum Gasteiger partial charge on any atom is -0.468 e. The normalized spacial score (nSPS) is 38.5. The first-order chi connectivity index (χ1) is 6.46. The molecule has 3 nitrogen and oxygen atoms in total. The van der Waals surface area contributed by atoms with Gasteiger partial charge in [-0.1, -0.05) is 13.8 Å². The molecule has 3 rings (SSSR count). The molecule has 3 aliphatic rings. The maximum Gasteiger partial charge on any atom is 0.323 e. The molecule has 3 saturated carbocycles. The van der Waals surface area contributed by atoms with Gasteiger partial charge in [-0.3, -0.25) is 4.79 Å². The third kappa shape index (κ3) is 1.48. The molecule has 0 spiro atoms. The number of carbonyl (C=O) groups is 1. The lowest BCUT2D eigenvalue weighted by atomic mass is 9.30. The van der Waals surface area contributed by atoms with E-state index in [2.05, 4.69) is 18.6 Å². The molecule has 0 aromatic rings. The van der Waals surface area contributed by atoms with Gasteiger partial charge in [-0.25, -0.2) is 0 Å². The largest absolute Gasteiger partial charge is 0.468 e. The Labute approximate surface area is 97.1 Å². The van der Waals surface area contributed by atoms with Crippen LogP contribution >= 0.6 is 12.4 Å². The Morgan fingerprint density at radius 2 is 1.73 bits per heavy atom. The van der Waals surface area contributed by atoms with Crippen molar-refractivity contribution in [2.45, 2.75) is 39.2 Å². The molecule has 0 aromatic heterocycles. The minimum atomic E-state index is -0.395. The number of hydrogen-bond acceptors (Lipinski definition) is 3. The van der Waals surface area contributed by atoms with Crippen LogP contribution in [0.3, 0.4) is 0 Å². The zero-order chi connectivity index (χ0) is 10.6. The molecule has 0 amide bonds. The summed E-state index contributed by atoms with van der Waals surface area (Å²) in [5.41, 5.74) is 6.49. The van der Waals surface area contributed by atoms with Gasteiger partial charge in [0.15, 0.2) is 0 Å². The van der Waals surface area contributed by atoms with Crippen LogP contribution < -0.4 is 5.73 Å². The Kier molecular flexibility index (Phi) is 3.10. The van der Waals surface area contributed by atoms with E-state index in [-0.39, 0.29) is 23.8 Å². The second kappa shape index (κ2) is 3.63. The molecule has 2 N–H and O–H groups in total. The molecule has 3 fully saturated rings. The van der Waals surface area contributed by atoms with Crippen LogP contribution in [0.15, 0.2) is 0 Å². The van der Waals surface area contributed by atoms with Gasteiger partial charge in [0.1, 0.15) is 6.04 Å². The highest BCUT2D eigenvalue weighted by Crippen LogP contribution is 2.77. The van der Waals surface area contributed by atoms with Gasteiger partial charge in [0.2, 0.25) is 0 Å². The number of hydrogen-bond donors (Lipinski definition) is 1. The Balaban J connectivity index is 0.00000112. The van der Waals surface area contributed by atoms with E-state index in [1.807, 2.05) is 0 Å². The van der Waals surface area contributed by atoms with E-state index < -0.39 is 6.04 Å². The summed E-state index contributed by atoms with van der Waals surface area (Å²) < 4.78 is 4.69. The van der Waals surface area contributed by atoms with Gasteiger partial charge in [0.25, 0.3) is 0 Å². The van der Waals surface area contributed by atoms with Crippen LogP contribution in [-0.2, 0) is 9.53 Å². The highest BCUT2D eigenvalue weighted by atomic mass is 35.5. The Morgan fingerprint density at radius 1 is 1.27 bits per heavy atom. The molecule has 15 heavy (non-hydrogen) atoms. The van der Waals surface area contributed by atoms with Crippen molar-refractivity contribution in [2.24, 2.45) is 22.5 Å². The third-order valence-corrected chi connectivity index (χ3v) is 4.45. The van der Waals surface area contributed by atoms with Gasteiger partial charge in [0, 0.05) is 0 Å². The van der Waals surface area contributed by atoms with Crippen molar-refractivity contribution in [2.75, 3.05) is 7.11 Å². The number of carbonyl (C=O) groups excluding carboxylic acids is 1. The van der Waals surface area contributed by atoms with E-state index in [9.17, 15) is 4.79 Å². The van der Waals surface area contributed by atoms with Crippen molar-refractivity contribution in [3.63, 3.8) is 0 Å². The summed E-state index contributed by atoms with van der Waals surface area (Å²) in [6.07, 6.45) is 3.36. The summed E-state index contributed by atoms with van der Waals surface area (Å²) in [4.78, 5) is 11.3. The summed E-state index contributed by atoms with van der Waals surface area (Å²) in [5.74, 6) is 0.469. The molecule has 3 aliphatic carbocycles. The summed E-state index contributed by atoms with van der Waals surface area (Å²) in [7, 11) is 1.41. The molecular weight excluding hydrogens is 214 g/mol. The zero-order valence-corrected chi connectivity index (χ0v) is 10.4. The van der Waals surface area contributed by atoms with Gasteiger partial charge in [0.05, 0.1) is 7.11 Å². The second-order valence-corrected chi connectivity index (χ2v) is 5.41. The van der Waals surface area contributed by atoms with Gasteiger partial charge in [-0.15, -0.1) is 12.4 Å². The van der Waals surface area contributed by atoms with E-state index in [1.165, 1.54) is 7.11 Å². The molecule has 88 valence electrons. The lowest BCUT2D eigenvalue weighted by molar-refractivity contribution is -0.242. The second-order valence-electron chi connectivity index (χ2n) is 5.41. The van der Waals surface area contributed by atoms with Gasteiger partial charge in [-0.05, 0) is 36.0 Å². The lowest BCUT2D eigenvalue weighted by Crippen LogP contribution is -2.72. The predicted molar refractivity (Wildman–Crippen MR) is 60.8 cm³/mol. The van der Waals surface area contributed by atoms with Crippen molar-refractivity contribution < 1.29 is 9.53 Å². The molecule has 0 saturated heterocycles. The fourth-order valence-corrected chi connectivity index (χ4v) is 3.27. The summed E-state index contributed by atoms with van der Waals surface area (Å²) >= 11 is 0. The molecule has 1 atom stereocenters. The molecule has 0 aliphatic heterocycles. The van der Waals surface area contributed by atoms with E-state index in [4.69, 9.17) is 5.73 Å². The fourth-order valence-electron chi connectivity index (χ4n) is 3.27. The Morgan fingerprint density at radius 3 is 2.07 bits per heavy atom. The van der Waals surface area contributed by atoms with Crippen molar-refractivity contribution in [3.05, 3.63) is 0 Å². The van der Waals surface area contributed by atoms with Crippen molar-refractivity contribution >= 4 is 18.4 Å². The number of rotatable bonds is 3. The summed E-state index contributed by atoms with van der Waals surface area (Å²) in [5, 5.41) is 0. The van der Waals surface area contributed by atoms with Crippen molar-refractivity contribution in [1.82, 2.24) is 0 Å². The smallest absolute Gasteiger partial charge is 0.323 e. The standard InChI is InChI=1S/C11H19NO2.ClH/c1-7(2)10-4-11(5-10,6-10)8(12)9(13)14-3;/h7-8H,4-6,12H2,1-3H3;1H/t8-,10?,11?;/m1./s1. The van der Waals surface area contributed by atoms with E-state index in [0.29, 0.717) is 11.3 Å². The summed E-state index contributed by atoms with van der Waals surface area (Å²) in [6.45, 7) is 4.51. The van der Waals surface area contributed by atoms with E-state index in [0.717, 1.165) is 19.3 Å². The van der Waals surface area contributed by atoms with E-state index in [1.54, 1.807) is 0 Å². The third-order valence-electron chi connectivity index (χ3n) is 4.45. The number of halogens is 1.